The van der Waals surface area contributed by atoms with Crippen LogP contribution >= 0.6 is 50.9 Å². The van der Waals surface area contributed by atoms with Crippen LogP contribution in [-0.2, 0) is 4.79 Å². The van der Waals surface area contributed by atoms with E-state index in [0.29, 0.717) is 10.0 Å². The van der Waals surface area contributed by atoms with Crippen LogP contribution < -0.4 is 9.80 Å². The van der Waals surface area contributed by atoms with Gasteiger partial charge in [0, 0.05) is 59.2 Å². The normalized spacial score (nSPS) is 21.5. The van der Waals surface area contributed by atoms with Crippen LogP contribution in [0.5, 0.6) is 0 Å². The van der Waals surface area contributed by atoms with E-state index in [1.165, 1.54) is 5.69 Å². The van der Waals surface area contributed by atoms with Crippen molar-refractivity contribution in [3.05, 3.63) is 61.4 Å². The van der Waals surface area contributed by atoms with Gasteiger partial charge < -0.3 is 19.5 Å². The lowest BCUT2D eigenvalue weighted by molar-refractivity contribution is -0.108. The quantitative estimate of drug-likeness (QED) is 0.466. The molecule has 2 heterocycles. The van der Waals surface area contributed by atoms with Gasteiger partial charge in [-0.05, 0) is 49.0 Å². The van der Waals surface area contributed by atoms with Gasteiger partial charge >= 0.3 is 0 Å². The molecule has 2 aliphatic heterocycles. The van der Waals surface area contributed by atoms with Crippen LogP contribution in [0, 0.1) is 0 Å². The van der Waals surface area contributed by atoms with Gasteiger partial charge in [-0.2, -0.15) is 0 Å². The van der Waals surface area contributed by atoms with Crippen LogP contribution in [0.4, 0.5) is 11.4 Å². The molecule has 2 saturated heterocycles. The number of halogens is 3. The molecule has 1 unspecified atom stereocenters. The molecule has 0 aromatic heterocycles. The van der Waals surface area contributed by atoms with Gasteiger partial charge in [0.05, 0.1) is 10.0 Å². The number of hydrogen-bond acceptors (Lipinski definition) is 5. The molecule has 0 saturated carbocycles. The summed E-state index contributed by atoms with van der Waals surface area (Å²) in [5, 5.41) is 1.01. The number of hydrogen-bond donors (Lipinski definition) is 0. The molecule has 0 N–H and O–H groups in total. The van der Waals surface area contributed by atoms with Crippen molar-refractivity contribution >= 4 is 74.6 Å². The van der Waals surface area contributed by atoms with Crippen LogP contribution in [0.2, 0.25) is 10.0 Å². The van der Waals surface area contributed by atoms with Crippen molar-refractivity contribution in [2.45, 2.75) is 6.04 Å². The van der Waals surface area contributed by atoms with Crippen molar-refractivity contribution in [2.75, 3.05) is 55.3 Å². The highest BCUT2D eigenvalue weighted by atomic mass is 79.9. The Morgan fingerprint density at radius 3 is 2.52 bits per heavy atom. The van der Waals surface area contributed by atoms with Gasteiger partial charge in [0.1, 0.15) is 12.3 Å². The fourth-order valence-corrected chi connectivity index (χ4v) is 5.70. The van der Waals surface area contributed by atoms with E-state index in [0.717, 1.165) is 65.4 Å². The molecule has 0 amide bonds. The van der Waals surface area contributed by atoms with E-state index in [1.807, 2.05) is 12.1 Å². The third-order valence-corrected chi connectivity index (χ3v) is 8.04. The number of anilines is 2. The molecule has 0 radical (unpaired) electrons. The molecule has 2 aromatic carbocycles. The maximum absolute atomic E-state index is 12.2. The number of piperazine rings is 1. The second-order valence-corrected chi connectivity index (χ2v) is 10.7. The van der Waals surface area contributed by atoms with Crippen molar-refractivity contribution in [3.63, 3.8) is 0 Å². The highest BCUT2D eigenvalue weighted by Gasteiger charge is 2.28. The van der Waals surface area contributed by atoms with Crippen molar-refractivity contribution in [1.82, 2.24) is 4.90 Å². The lowest BCUT2D eigenvalue weighted by atomic mass is 10.1. The SMILES string of the molecule is CN1CCN(c2cc(Br)ccc2C=C2SCCN(c3ccc(Cl)c(Cl)c3)C2C=O)CC1. The van der Waals surface area contributed by atoms with Crippen LogP contribution in [0.3, 0.4) is 0 Å². The highest BCUT2D eigenvalue weighted by molar-refractivity contribution is 9.10. The third-order valence-electron chi connectivity index (χ3n) is 5.73. The van der Waals surface area contributed by atoms with E-state index in [2.05, 4.69) is 62.0 Å². The van der Waals surface area contributed by atoms with Crippen molar-refractivity contribution < 1.29 is 4.79 Å². The first-order valence-corrected chi connectivity index (χ1v) is 12.7. The Morgan fingerprint density at radius 2 is 1.81 bits per heavy atom. The van der Waals surface area contributed by atoms with E-state index in [4.69, 9.17) is 23.2 Å². The Labute approximate surface area is 206 Å². The lowest BCUT2D eigenvalue weighted by Crippen LogP contribution is -2.44. The van der Waals surface area contributed by atoms with Gasteiger partial charge in [-0.1, -0.05) is 45.2 Å². The average Bonchev–Trinajstić information content (AvgIpc) is 2.77. The molecule has 8 heteroatoms. The smallest absolute Gasteiger partial charge is 0.147 e. The van der Waals surface area contributed by atoms with Gasteiger partial charge in [-0.25, -0.2) is 0 Å². The van der Waals surface area contributed by atoms with Crippen LogP contribution in [0.1, 0.15) is 5.56 Å². The van der Waals surface area contributed by atoms with Crippen LogP contribution in [0.25, 0.3) is 6.08 Å². The first-order chi connectivity index (χ1) is 15.0. The molecule has 0 spiro atoms. The number of aldehydes is 1. The molecular weight excluding hydrogens is 517 g/mol. The number of benzene rings is 2. The van der Waals surface area contributed by atoms with Crippen LogP contribution in [-0.4, -0.2) is 62.8 Å². The molecule has 4 rings (SSSR count). The fraction of sp³-hybridized carbons (Fsp3) is 0.348. The van der Waals surface area contributed by atoms with Gasteiger partial charge in [-0.15, -0.1) is 11.8 Å². The molecule has 2 aliphatic rings. The zero-order chi connectivity index (χ0) is 22.0. The monoisotopic (exact) mass is 539 g/mol. The standard InChI is InChI=1S/C23H24BrCl2N3OS/c1-27-6-8-28(9-7-27)21-13-17(24)3-2-16(21)12-23-22(15-30)29(10-11-31-23)18-4-5-19(25)20(26)14-18/h2-5,12-15,22H,6-11H2,1H3. The summed E-state index contributed by atoms with van der Waals surface area (Å²) in [5.74, 6) is 0.900. The summed E-state index contributed by atoms with van der Waals surface area (Å²) in [6.45, 7) is 4.83. The molecule has 4 nitrogen and oxygen atoms in total. The van der Waals surface area contributed by atoms with Crippen molar-refractivity contribution in [2.24, 2.45) is 0 Å². The number of carbonyl (C=O) groups is 1. The largest absolute Gasteiger partial charge is 0.368 e. The zero-order valence-corrected chi connectivity index (χ0v) is 21.1. The Hall–Kier alpha value is -1.18. The minimum atomic E-state index is -0.347. The fourth-order valence-electron chi connectivity index (χ4n) is 3.97. The molecule has 1 atom stereocenters. The van der Waals surface area contributed by atoms with E-state index in [9.17, 15) is 4.79 Å². The Kier molecular flexibility index (Phi) is 7.55. The first-order valence-electron chi connectivity index (χ1n) is 10.2. The average molecular weight is 541 g/mol. The number of thioether (sulfide) groups is 1. The summed E-state index contributed by atoms with van der Waals surface area (Å²) in [5.41, 5.74) is 3.25. The topological polar surface area (TPSA) is 26.8 Å². The summed E-state index contributed by atoms with van der Waals surface area (Å²) >= 11 is 17.7. The second-order valence-electron chi connectivity index (χ2n) is 7.76. The highest BCUT2D eigenvalue weighted by Crippen LogP contribution is 2.37. The number of carbonyl (C=O) groups excluding carboxylic acids is 1. The summed E-state index contributed by atoms with van der Waals surface area (Å²) < 4.78 is 1.06. The summed E-state index contributed by atoms with van der Waals surface area (Å²) in [6, 6.07) is 11.6. The second kappa shape index (κ2) is 10.2. The molecule has 0 aliphatic carbocycles. The Morgan fingerprint density at radius 1 is 1.03 bits per heavy atom. The predicted molar refractivity (Wildman–Crippen MR) is 138 cm³/mol. The molecule has 0 bridgehead atoms. The summed E-state index contributed by atoms with van der Waals surface area (Å²) in [7, 11) is 2.16. The predicted octanol–water partition coefficient (Wildman–Crippen LogP) is 5.67. The van der Waals surface area contributed by atoms with Gasteiger partial charge in [0.2, 0.25) is 0 Å². The zero-order valence-electron chi connectivity index (χ0n) is 17.2. The summed E-state index contributed by atoms with van der Waals surface area (Å²) in [6.07, 6.45) is 3.20. The third kappa shape index (κ3) is 5.25. The van der Waals surface area contributed by atoms with E-state index in [-0.39, 0.29) is 6.04 Å². The number of rotatable bonds is 4. The van der Waals surface area contributed by atoms with E-state index < -0.39 is 0 Å². The first kappa shape index (κ1) is 23.0. The van der Waals surface area contributed by atoms with Gasteiger partial charge in [0.25, 0.3) is 0 Å². The molecule has 2 aromatic rings. The van der Waals surface area contributed by atoms with Crippen molar-refractivity contribution in [3.8, 4) is 0 Å². The van der Waals surface area contributed by atoms with Crippen LogP contribution in [0.15, 0.2) is 45.8 Å². The van der Waals surface area contributed by atoms with Crippen molar-refractivity contribution in [1.29, 1.82) is 0 Å². The minimum Gasteiger partial charge on any atom is -0.368 e. The van der Waals surface area contributed by atoms with Gasteiger partial charge in [-0.3, -0.25) is 0 Å². The summed E-state index contributed by atoms with van der Waals surface area (Å²) in [4.78, 5) is 20.1. The minimum absolute atomic E-state index is 0.347. The Bertz CT molecular complexity index is 995. The molecular formula is C23H24BrCl2N3OS. The Balaban J connectivity index is 1.67. The van der Waals surface area contributed by atoms with Gasteiger partial charge in [0.15, 0.2) is 0 Å². The molecule has 2 fully saturated rings. The maximum atomic E-state index is 12.2. The molecule has 31 heavy (non-hydrogen) atoms. The lowest BCUT2D eigenvalue weighted by Gasteiger charge is -2.37. The number of likely N-dealkylation sites (N-methyl/N-ethyl adjacent to an activating group) is 1. The number of nitrogens with zero attached hydrogens (tertiary/aromatic N) is 3. The maximum Gasteiger partial charge on any atom is 0.147 e. The van der Waals surface area contributed by atoms with E-state index >= 15 is 0 Å². The molecule has 164 valence electrons. The van der Waals surface area contributed by atoms with E-state index in [1.54, 1.807) is 17.8 Å².